The summed E-state index contributed by atoms with van der Waals surface area (Å²) >= 11 is 0. The topological polar surface area (TPSA) is 0 Å². The molecule has 1 aliphatic carbocycles. The van der Waals surface area contributed by atoms with Gasteiger partial charge in [0.2, 0.25) is 0 Å². The van der Waals surface area contributed by atoms with E-state index in [1.165, 1.54) is 32.1 Å². The van der Waals surface area contributed by atoms with Crippen molar-refractivity contribution in [1.82, 2.24) is 0 Å². The molecule has 14 heavy (non-hydrogen) atoms. The van der Waals surface area contributed by atoms with Crippen LogP contribution in [-0.4, -0.2) is 0 Å². The number of fused-ring (bicyclic) bond motifs is 1. The van der Waals surface area contributed by atoms with E-state index >= 15 is 0 Å². The van der Waals surface area contributed by atoms with E-state index in [0.717, 1.165) is 0 Å². The predicted octanol–water partition coefficient (Wildman–Crippen LogP) is 3.46. The van der Waals surface area contributed by atoms with Crippen LogP contribution >= 0.6 is 0 Å². The first kappa shape index (κ1) is 12.1. The first-order valence-corrected chi connectivity index (χ1v) is 5.52. The second-order valence-electron chi connectivity index (χ2n) is 4.25. The summed E-state index contributed by atoms with van der Waals surface area (Å²) < 4.78 is 0. The molecule has 1 heteroatoms. The van der Waals surface area contributed by atoms with Crippen LogP contribution in [0.25, 0.3) is 0 Å². The molecule has 0 saturated heterocycles. The minimum Gasteiger partial charge on any atom is -0.195 e. The third-order valence-electron chi connectivity index (χ3n) is 3.63. The molecule has 0 amide bonds. The van der Waals surface area contributed by atoms with E-state index in [9.17, 15) is 0 Å². The van der Waals surface area contributed by atoms with Crippen LogP contribution in [0.4, 0.5) is 0 Å². The molecule has 0 radical (unpaired) electrons. The fourth-order valence-electron chi connectivity index (χ4n) is 2.91. The van der Waals surface area contributed by atoms with Gasteiger partial charge in [0.25, 0.3) is 0 Å². The molecule has 2 rings (SSSR count). The monoisotopic (exact) mass is 223 g/mol. The first-order valence-electron chi connectivity index (χ1n) is 5.52. The number of rotatable bonds is 1. The molecule has 0 spiro atoms. The third kappa shape index (κ3) is 1.75. The van der Waals surface area contributed by atoms with Crippen molar-refractivity contribution in [2.24, 2.45) is 0 Å². The van der Waals surface area contributed by atoms with E-state index in [4.69, 9.17) is 0 Å². The van der Waals surface area contributed by atoms with Gasteiger partial charge >= 0.3 is 21.7 Å². The Morgan fingerprint density at radius 1 is 1.21 bits per heavy atom. The van der Waals surface area contributed by atoms with Crippen molar-refractivity contribution in [2.45, 2.75) is 52.9 Å². The average molecular weight is 223 g/mol. The van der Waals surface area contributed by atoms with Crippen LogP contribution in [0.15, 0.2) is 0 Å². The Labute approximate surface area is 102 Å². The van der Waals surface area contributed by atoms with Crippen LogP contribution in [0.5, 0.6) is 0 Å². The van der Waals surface area contributed by atoms with E-state index in [0.29, 0.717) is 0 Å². The largest absolute Gasteiger partial charge is 2.00 e. The summed E-state index contributed by atoms with van der Waals surface area (Å²) in [7, 11) is 0. The predicted molar refractivity (Wildman–Crippen MR) is 57.5 cm³/mol. The molecule has 0 bridgehead atoms. The Hall–Kier alpha value is 0.0643. The third-order valence-corrected chi connectivity index (χ3v) is 3.63. The summed E-state index contributed by atoms with van der Waals surface area (Å²) in [6, 6.07) is 0. The maximum Gasteiger partial charge on any atom is 2.00 e. The van der Waals surface area contributed by atoms with E-state index in [-0.39, 0.29) is 21.7 Å². The van der Waals surface area contributed by atoms with Crippen molar-refractivity contribution in [3.8, 4) is 0 Å². The number of hydrogen-bond acceptors (Lipinski definition) is 0. The SMILES string of the molecule is CCc1c(C)c2c([c-]1C)CCCC2.[Ti+2]. The molecule has 0 saturated carbocycles. The van der Waals surface area contributed by atoms with Gasteiger partial charge in [0, 0.05) is 0 Å². The van der Waals surface area contributed by atoms with Gasteiger partial charge in [0.05, 0.1) is 0 Å². The molecule has 0 heterocycles. The fourth-order valence-corrected chi connectivity index (χ4v) is 2.91. The van der Waals surface area contributed by atoms with Gasteiger partial charge in [0.1, 0.15) is 0 Å². The summed E-state index contributed by atoms with van der Waals surface area (Å²) in [5.41, 5.74) is 8.23. The van der Waals surface area contributed by atoms with E-state index in [1.54, 1.807) is 27.8 Å². The van der Waals surface area contributed by atoms with Gasteiger partial charge in [-0.15, -0.1) is 0 Å². The average Bonchev–Trinajstić information content (AvgIpc) is 2.41. The smallest absolute Gasteiger partial charge is 0.195 e. The molecule has 1 aromatic rings. The molecule has 0 aromatic heterocycles. The molecule has 0 aliphatic heterocycles. The van der Waals surface area contributed by atoms with Gasteiger partial charge in [0.15, 0.2) is 0 Å². The molecular weight excluding hydrogens is 204 g/mol. The molecule has 0 fully saturated rings. The second-order valence-corrected chi connectivity index (χ2v) is 4.25. The molecule has 74 valence electrons. The van der Waals surface area contributed by atoms with E-state index in [2.05, 4.69) is 20.8 Å². The van der Waals surface area contributed by atoms with Crippen molar-refractivity contribution < 1.29 is 21.7 Å². The van der Waals surface area contributed by atoms with Gasteiger partial charge in [-0.05, 0) is 0 Å². The van der Waals surface area contributed by atoms with Crippen LogP contribution in [0, 0.1) is 13.8 Å². The molecule has 0 unspecified atom stereocenters. The van der Waals surface area contributed by atoms with E-state index in [1.807, 2.05) is 0 Å². The second kappa shape index (κ2) is 4.72. The molecular formula is C13H19Ti+. The van der Waals surface area contributed by atoms with Crippen molar-refractivity contribution in [1.29, 1.82) is 0 Å². The Morgan fingerprint density at radius 3 is 2.43 bits per heavy atom. The van der Waals surface area contributed by atoms with Crippen LogP contribution < -0.4 is 0 Å². The minimum atomic E-state index is 0. The van der Waals surface area contributed by atoms with Crippen LogP contribution in [0.2, 0.25) is 0 Å². The summed E-state index contributed by atoms with van der Waals surface area (Å²) in [5.74, 6) is 0. The molecule has 0 N–H and O–H groups in total. The van der Waals surface area contributed by atoms with Crippen LogP contribution in [0.1, 0.15) is 47.6 Å². The van der Waals surface area contributed by atoms with Crippen molar-refractivity contribution in [3.05, 3.63) is 27.8 Å². The first-order chi connectivity index (χ1) is 6.25. The van der Waals surface area contributed by atoms with E-state index < -0.39 is 0 Å². The molecule has 1 aromatic carbocycles. The van der Waals surface area contributed by atoms with Gasteiger partial charge in [-0.2, -0.15) is 27.8 Å². The van der Waals surface area contributed by atoms with Gasteiger partial charge < -0.3 is 0 Å². The Balaban J connectivity index is 0.000000980. The van der Waals surface area contributed by atoms with Crippen molar-refractivity contribution >= 4 is 0 Å². The van der Waals surface area contributed by atoms with Crippen LogP contribution in [-0.2, 0) is 41.0 Å². The number of hydrogen-bond donors (Lipinski definition) is 0. The molecule has 1 aliphatic rings. The fraction of sp³-hybridized carbons (Fsp3) is 0.615. The summed E-state index contributed by atoms with van der Waals surface area (Å²) in [5, 5.41) is 0. The standard InChI is InChI=1S/C13H19.Ti/c1-4-11-9(2)12-7-5-6-8-13(12)10(11)3;/h4-8H2,1-3H3;/q-1;+2. The summed E-state index contributed by atoms with van der Waals surface area (Å²) in [6.07, 6.45) is 6.69. The van der Waals surface area contributed by atoms with Crippen LogP contribution in [0.3, 0.4) is 0 Å². The zero-order valence-corrected chi connectivity index (χ0v) is 11.1. The van der Waals surface area contributed by atoms with Gasteiger partial charge in [-0.1, -0.05) is 52.9 Å². The molecule has 0 nitrogen and oxygen atoms in total. The maximum absolute atomic E-state index is 2.32. The Bertz CT molecular complexity index is 291. The quantitative estimate of drug-likeness (QED) is 0.505. The zero-order valence-electron chi connectivity index (χ0n) is 9.54. The minimum absolute atomic E-state index is 0. The van der Waals surface area contributed by atoms with Crippen molar-refractivity contribution in [2.75, 3.05) is 0 Å². The summed E-state index contributed by atoms with van der Waals surface area (Å²) in [6.45, 7) is 6.91. The van der Waals surface area contributed by atoms with Gasteiger partial charge in [-0.25, -0.2) is 0 Å². The van der Waals surface area contributed by atoms with Gasteiger partial charge in [-0.3, -0.25) is 0 Å². The Kier molecular flexibility index (Phi) is 4.09. The van der Waals surface area contributed by atoms with Crippen molar-refractivity contribution in [3.63, 3.8) is 0 Å². The summed E-state index contributed by atoms with van der Waals surface area (Å²) in [4.78, 5) is 0. The molecule has 0 atom stereocenters. The maximum atomic E-state index is 2.32. The zero-order chi connectivity index (χ0) is 9.42. The normalized spacial score (nSPS) is 14.8. The Morgan fingerprint density at radius 2 is 1.86 bits per heavy atom.